The van der Waals surface area contributed by atoms with E-state index in [-0.39, 0.29) is 11.8 Å². The minimum Gasteiger partial charge on any atom is -0.357 e. The average Bonchev–Trinajstić information content (AvgIpc) is 2.64. The molecule has 0 aliphatic heterocycles. The van der Waals surface area contributed by atoms with Crippen LogP contribution in [0.2, 0.25) is 0 Å². The Morgan fingerprint density at radius 2 is 1.50 bits per heavy atom. The molecule has 0 radical (unpaired) electrons. The maximum atomic E-state index is 13.1. The van der Waals surface area contributed by atoms with Crippen LogP contribution in [0.4, 0.5) is 0 Å². The number of aryl methyl sites for hydroxylation is 2. The van der Waals surface area contributed by atoms with Gasteiger partial charge in [0.25, 0.3) is 0 Å². The Morgan fingerprint density at radius 1 is 0.962 bits per heavy atom. The van der Waals surface area contributed by atoms with Crippen LogP contribution in [0.1, 0.15) is 35.6 Å². The molecule has 4 heteroatoms. The maximum absolute atomic E-state index is 13.1. The highest BCUT2D eigenvalue weighted by Crippen LogP contribution is 2.18. The van der Waals surface area contributed by atoms with E-state index in [1.54, 1.807) is 11.9 Å². The Kier molecular flexibility index (Phi) is 6.96. The van der Waals surface area contributed by atoms with E-state index in [2.05, 4.69) is 5.32 Å². The van der Waals surface area contributed by atoms with Crippen LogP contribution in [0.15, 0.2) is 48.5 Å². The van der Waals surface area contributed by atoms with Gasteiger partial charge in [0.1, 0.15) is 6.04 Å². The van der Waals surface area contributed by atoms with Crippen LogP contribution < -0.4 is 5.32 Å². The van der Waals surface area contributed by atoms with Crippen molar-refractivity contribution >= 4 is 11.8 Å². The van der Waals surface area contributed by atoms with E-state index in [0.717, 1.165) is 22.3 Å². The van der Waals surface area contributed by atoms with Gasteiger partial charge in [0.2, 0.25) is 11.8 Å². The molecule has 2 rings (SSSR count). The molecule has 0 unspecified atom stereocenters. The lowest BCUT2D eigenvalue weighted by molar-refractivity contribution is -0.140. The molecule has 2 aromatic carbocycles. The monoisotopic (exact) mass is 352 g/mol. The lowest BCUT2D eigenvalue weighted by atomic mass is 10.0. The number of benzene rings is 2. The topological polar surface area (TPSA) is 49.4 Å². The minimum atomic E-state index is -0.476. The van der Waals surface area contributed by atoms with Gasteiger partial charge < -0.3 is 10.2 Å². The number of carbonyl (C=O) groups excluding carboxylic acids is 2. The van der Waals surface area contributed by atoms with Gasteiger partial charge in [-0.25, -0.2) is 0 Å². The quantitative estimate of drug-likeness (QED) is 0.830. The van der Waals surface area contributed by atoms with Crippen molar-refractivity contribution in [3.63, 3.8) is 0 Å². The van der Waals surface area contributed by atoms with Crippen LogP contribution in [-0.2, 0) is 22.6 Å². The standard InChI is InChI=1S/C22H28N2O2/c1-5-20(22(26)23-4)24(15-19-13-9-7-11-17(19)3)21(25)14-18-12-8-6-10-16(18)2/h6-13,20H,5,14-15H2,1-4H3,(H,23,26)/t20-/m1/s1. The summed E-state index contributed by atoms with van der Waals surface area (Å²) in [6.45, 7) is 6.40. The van der Waals surface area contributed by atoms with Gasteiger partial charge in [0.05, 0.1) is 6.42 Å². The van der Waals surface area contributed by atoms with E-state index in [0.29, 0.717) is 19.4 Å². The molecule has 0 aliphatic rings. The van der Waals surface area contributed by atoms with Crippen molar-refractivity contribution in [3.8, 4) is 0 Å². The van der Waals surface area contributed by atoms with Crippen molar-refractivity contribution in [1.29, 1.82) is 0 Å². The molecule has 0 fully saturated rings. The molecule has 2 amide bonds. The molecular weight excluding hydrogens is 324 g/mol. The zero-order valence-electron chi connectivity index (χ0n) is 16.1. The van der Waals surface area contributed by atoms with Crippen molar-refractivity contribution in [2.24, 2.45) is 0 Å². The molecule has 0 heterocycles. The Labute approximate surface area is 156 Å². The first-order valence-corrected chi connectivity index (χ1v) is 9.08. The summed E-state index contributed by atoms with van der Waals surface area (Å²) in [5.74, 6) is -0.155. The summed E-state index contributed by atoms with van der Waals surface area (Å²) in [6, 6.07) is 15.4. The summed E-state index contributed by atoms with van der Waals surface area (Å²) in [6.07, 6.45) is 0.872. The van der Waals surface area contributed by atoms with Crippen molar-refractivity contribution in [2.75, 3.05) is 7.05 Å². The van der Waals surface area contributed by atoms with Gasteiger partial charge in [-0.1, -0.05) is 55.5 Å². The SMILES string of the molecule is CC[C@H](C(=O)NC)N(Cc1ccccc1C)C(=O)Cc1ccccc1C. The van der Waals surface area contributed by atoms with Crippen molar-refractivity contribution in [1.82, 2.24) is 10.2 Å². The molecule has 2 aromatic rings. The van der Waals surface area contributed by atoms with Gasteiger partial charge in [-0.05, 0) is 42.5 Å². The number of carbonyl (C=O) groups is 2. The summed E-state index contributed by atoms with van der Waals surface area (Å²) in [4.78, 5) is 27.2. The van der Waals surface area contributed by atoms with E-state index in [9.17, 15) is 9.59 Å². The number of nitrogens with zero attached hydrogens (tertiary/aromatic N) is 1. The Balaban J connectivity index is 2.32. The zero-order valence-corrected chi connectivity index (χ0v) is 16.1. The first kappa shape index (κ1) is 19.7. The summed E-state index contributed by atoms with van der Waals surface area (Å²) < 4.78 is 0. The van der Waals surface area contributed by atoms with Gasteiger partial charge in [-0.2, -0.15) is 0 Å². The highest BCUT2D eigenvalue weighted by atomic mass is 16.2. The van der Waals surface area contributed by atoms with E-state index in [1.165, 1.54) is 0 Å². The van der Waals surface area contributed by atoms with E-state index in [4.69, 9.17) is 0 Å². The fraction of sp³-hybridized carbons (Fsp3) is 0.364. The molecule has 0 saturated heterocycles. The highest BCUT2D eigenvalue weighted by molar-refractivity contribution is 5.88. The van der Waals surface area contributed by atoms with Crippen LogP contribution >= 0.6 is 0 Å². The highest BCUT2D eigenvalue weighted by Gasteiger charge is 2.28. The third-order valence-corrected chi connectivity index (χ3v) is 4.84. The number of rotatable bonds is 7. The third-order valence-electron chi connectivity index (χ3n) is 4.84. The average molecular weight is 352 g/mol. The third kappa shape index (κ3) is 4.72. The van der Waals surface area contributed by atoms with Crippen LogP contribution in [-0.4, -0.2) is 29.8 Å². The summed E-state index contributed by atoms with van der Waals surface area (Å²) in [5.41, 5.74) is 4.27. The van der Waals surface area contributed by atoms with Gasteiger partial charge in [-0.3, -0.25) is 9.59 Å². The lowest BCUT2D eigenvalue weighted by Gasteiger charge is -2.31. The van der Waals surface area contributed by atoms with Gasteiger partial charge in [-0.15, -0.1) is 0 Å². The Hall–Kier alpha value is -2.62. The normalized spacial score (nSPS) is 11.7. The predicted molar refractivity (Wildman–Crippen MR) is 105 cm³/mol. The molecule has 1 N–H and O–H groups in total. The largest absolute Gasteiger partial charge is 0.357 e. The first-order valence-electron chi connectivity index (χ1n) is 9.08. The van der Waals surface area contributed by atoms with Gasteiger partial charge in [0.15, 0.2) is 0 Å². The van der Waals surface area contributed by atoms with E-state index < -0.39 is 6.04 Å². The fourth-order valence-electron chi connectivity index (χ4n) is 3.13. The summed E-state index contributed by atoms with van der Waals surface area (Å²) in [5, 5.41) is 2.69. The molecule has 0 saturated carbocycles. The molecule has 0 spiro atoms. The number of nitrogens with one attached hydrogen (secondary N) is 1. The number of likely N-dealkylation sites (N-methyl/N-ethyl adjacent to an activating group) is 1. The van der Waals surface area contributed by atoms with Crippen molar-refractivity contribution < 1.29 is 9.59 Å². The van der Waals surface area contributed by atoms with Crippen LogP contribution in [0.25, 0.3) is 0 Å². The maximum Gasteiger partial charge on any atom is 0.242 e. The molecule has 0 bridgehead atoms. The van der Waals surface area contributed by atoms with Crippen LogP contribution in [0.3, 0.4) is 0 Å². The molecule has 0 aliphatic carbocycles. The second kappa shape index (κ2) is 9.18. The number of amides is 2. The summed E-state index contributed by atoms with van der Waals surface area (Å²) in [7, 11) is 1.61. The van der Waals surface area contributed by atoms with Crippen LogP contribution in [0, 0.1) is 13.8 Å². The summed E-state index contributed by atoms with van der Waals surface area (Å²) >= 11 is 0. The second-order valence-corrected chi connectivity index (χ2v) is 6.59. The predicted octanol–water partition coefficient (Wildman–Crippen LogP) is 3.40. The minimum absolute atomic E-state index is 0.0296. The van der Waals surface area contributed by atoms with Gasteiger partial charge >= 0.3 is 0 Å². The van der Waals surface area contributed by atoms with E-state index in [1.807, 2.05) is 69.3 Å². The molecule has 1 atom stereocenters. The molecule has 0 aromatic heterocycles. The van der Waals surface area contributed by atoms with Crippen molar-refractivity contribution in [2.45, 2.75) is 46.2 Å². The fourth-order valence-corrected chi connectivity index (χ4v) is 3.13. The zero-order chi connectivity index (χ0) is 19.1. The number of hydrogen-bond donors (Lipinski definition) is 1. The lowest BCUT2D eigenvalue weighted by Crippen LogP contribution is -2.48. The molecule has 4 nitrogen and oxygen atoms in total. The van der Waals surface area contributed by atoms with E-state index >= 15 is 0 Å². The first-order chi connectivity index (χ1) is 12.5. The van der Waals surface area contributed by atoms with Crippen molar-refractivity contribution in [3.05, 3.63) is 70.8 Å². The smallest absolute Gasteiger partial charge is 0.242 e. The number of hydrogen-bond acceptors (Lipinski definition) is 2. The Bertz CT molecular complexity index is 770. The Morgan fingerprint density at radius 3 is 2.00 bits per heavy atom. The van der Waals surface area contributed by atoms with Gasteiger partial charge in [0, 0.05) is 13.6 Å². The second-order valence-electron chi connectivity index (χ2n) is 6.59. The molecular formula is C22H28N2O2. The molecule has 138 valence electrons. The molecule has 26 heavy (non-hydrogen) atoms. The van der Waals surface area contributed by atoms with Crippen LogP contribution in [0.5, 0.6) is 0 Å².